The molecule has 246 valence electrons. The Morgan fingerprint density at radius 1 is 1.00 bits per heavy atom. The molecule has 1 aromatic heterocycles. The summed E-state index contributed by atoms with van der Waals surface area (Å²) >= 11 is 6.10. The molecule has 3 aromatic carbocycles. The lowest BCUT2D eigenvalue weighted by Crippen LogP contribution is -2.41. The van der Waals surface area contributed by atoms with Crippen LogP contribution in [0.4, 0.5) is 9.18 Å². The van der Waals surface area contributed by atoms with Crippen molar-refractivity contribution < 1.29 is 33.3 Å². The van der Waals surface area contributed by atoms with E-state index in [0.717, 1.165) is 18.4 Å². The van der Waals surface area contributed by atoms with Gasteiger partial charge in [-0.05, 0) is 99.7 Å². The fraction of sp³-hybridized carbons (Fsp3) is 0.324. The van der Waals surface area contributed by atoms with Gasteiger partial charge < -0.3 is 24.6 Å². The number of aromatic nitrogens is 1. The van der Waals surface area contributed by atoms with E-state index in [9.17, 15) is 19.1 Å². The quantitative estimate of drug-likeness (QED) is 0.140. The second-order valence-electron chi connectivity index (χ2n) is 12.4. The molecule has 8 nitrogen and oxygen atoms in total. The van der Waals surface area contributed by atoms with Crippen LogP contribution in [-0.4, -0.2) is 35.2 Å². The molecule has 1 heterocycles. The monoisotopic (exact) mass is 660 g/mol. The number of Topliss-reactive ketones (excluding diaryl/α,β-unsaturated/α-hetero) is 1. The number of carbonyl (C=O) groups excluding carboxylic acids is 2. The first-order valence-corrected chi connectivity index (χ1v) is 15.8. The number of hydrogen-bond acceptors (Lipinski definition) is 7. The van der Waals surface area contributed by atoms with Crippen molar-refractivity contribution in [2.75, 3.05) is 7.11 Å². The lowest BCUT2D eigenvalue weighted by Gasteiger charge is -2.30. The van der Waals surface area contributed by atoms with Crippen molar-refractivity contribution in [1.82, 2.24) is 10.3 Å². The van der Waals surface area contributed by atoms with Gasteiger partial charge in [-0.15, -0.1) is 0 Å². The normalized spacial score (nSPS) is 14.2. The van der Waals surface area contributed by atoms with E-state index in [0.29, 0.717) is 33.9 Å². The molecule has 0 saturated heterocycles. The lowest BCUT2D eigenvalue weighted by molar-refractivity contribution is 0.0396. The van der Waals surface area contributed by atoms with Crippen LogP contribution in [0.2, 0.25) is 5.02 Å². The zero-order valence-corrected chi connectivity index (χ0v) is 27.6. The maximum absolute atomic E-state index is 14.0. The summed E-state index contributed by atoms with van der Waals surface area (Å²) < 4.78 is 30.8. The molecule has 1 unspecified atom stereocenters. The van der Waals surface area contributed by atoms with Crippen molar-refractivity contribution in [3.63, 3.8) is 0 Å². The van der Waals surface area contributed by atoms with Gasteiger partial charge in [0.05, 0.1) is 35.2 Å². The number of nitrogens with one attached hydrogen (secondary N) is 1. The lowest BCUT2D eigenvalue weighted by atomic mass is 9.87. The van der Waals surface area contributed by atoms with Gasteiger partial charge in [-0.1, -0.05) is 41.9 Å². The van der Waals surface area contributed by atoms with Gasteiger partial charge in [-0.3, -0.25) is 4.79 Å². The van der Waals surface area contributed by atoms with Gasteiger partial charge in [-0.25, -0.2) is 14.2 Å². The first kappa shape index (κ1) is 33.9. The molecule has 2 N–H and O–H groups in total. The molecular formula is C37H38ClFN2O6. The minimum atomic E-state index is -1.56. The topological polar surface area (TPSA) is 107 Å². The number of alkyl carbamates (subject to hydrolysis) is 1. The number of carbonyl (C=O) groups is 2. The molecule has 0 spiro atoms. The third-order valence-electron chi connectivity index (χ3n) is 8.08. The molecule has 0 radical (unpaired) electrons. The molecule has 0 bridgehead atoms. The number of methoxy groups -OCH3 is 1. The third kappa shape index (κ3) is 8.67. The summed E-state index contributed by atoms with van der Waals surface area (Å²) in [6, 6.07) is 22.0. The molecule has 10 heteroatoms. The van der Waals surface area contributed by atoms with E-state index in [1.807, 2.05) is 30.3 Å². The van der Waals surface area contributed by atoms with Crippen LogP contribution in [-0.2, 0) is 22.5 Å². The van der Waals surface area contributed by atoms with Crippen molar-refractivity contribution in [3.05, 3.63) is 112 Å². The predicted molar refractivity (Wildman–Crippen MR) is 177 cm³/mol. The van der Waals surface area contributed by atoms with Crippen LogP contribution in [0.15, 0.2) is 78.9 Å². The third-order valence-corrected chi connectivity index (χ3v) is 8.37. The fourth-order valence-electron chi connectivity index (χ4n) is 4.99. The number of rotatable bonds is 13. The van der Waals surface area contributed by atoms with E-state index in [1.54, 1.807) is 51.1 Å². The van der Waals surface area contributed by atoms with Crippen molar-refractivity contribution in [3.8, 4) is 22.8 Å². The summed E-state index contributed by atoms with van der Waals surface area (Å²) in [5.74, 6) is 0.298. The highest BCUT2D eigenvalue weighted by Crippen LogP contribution is 2.36. The number of pyridine rings is 1. The maximum Gasteiger partial charge on any atom is 0.408 e. The van der Waals surface area contributed by atoms with Crippen LogP contribution in [0.25, 0.3) is 11.3 Å². The second-order valence-corrected chi connectivity index (χ2v) is 12.9. The number of hydrogen-bond donors (Lipinski definition) is 2. The first-order valence-electron chi connectivity index (χ1n) is 15.4. The summed E-state index contributed by atoms with van der Waals surface area (Å²) in [5.41, 5.74) is 0.485. The smallest absolute Gasteiger partial charge is 0.408 e. The van der Waals surface area contributed by atoms with E-state index in [2.05, 4.69) is 5.32 Å². The van der Waals surface area contributed by atoms with Crippen LogP contribution in [0, 0.1) is 5.82 Å². The Morgan fingerprint density at radius 3 is 2.43 bits per heavy atom. The van der Waals surface area contributed by atoms with Gasteiger partial charge in [0.2, 0.25) is 0 Å². The summed E-state index contributed by atoms with van der Waals surface area (Å²) in [6.07, 6.45) is 1.59. The van der Waals surface area contributed by atoms with E-state index < -0.39 is 23.1 Å². The molecule has 0 aliphatic heterocycles. The Labute approximate surface area is 278 Å². The Morgan fingerprint density at radius 2 is 1.74 bits per heavy atom. The largest absolute Gasteiger partial charge is 0.493 e. The summed E-state index contributed by atoms with van der Waals surface area (Å²) in [4.78, 5) is 30.8. The minimum Gasteiger partial charge on any atom is -0.493 e. The summed E-state index contributed by atoms with van der Waals surface area (Å²) in [5, 5.41) is 14.5. The SMILES string of the molecule is COc1cc(C(=O)CCC(C)(O)c2cc(C(C)(C)NC(=O)OCc3ccccc3)cc(-c3ccc(F)c(Cl)c3)n2)ccc1OC1CC1. The van der Waals surface area contributed by atoms with Gasteiger partial charge in [-0.2, -0.15) is 0 Å². The zero-order chi connectivity index (χ0) is 33.8. The van der Waals surface area contributed by atoms with Gasteiger partial charge in [0.1, 0.15) is 18.0 Å². The highest BCUT2D eigenvalue weighted by molar-refractivity contribution is 6.31. The molecule has 1 amide bonds. The molecule has 5 rings (SSSR count). The van der Waals surface area contributed by atoms with E-state index >= 15 is 0 Å². The molecule has 1 aliphatic carbocycles. The number of halogens is 2. The molecule has 1 saturated carbocycles. The van der Waals surface area contributed by atoms with Crippen molar-refractivity contribution >= 4 is 23.5 Å². The van der Waals surface area contributed by atoms with Crippen LogP contribution in [0.1, 0.15) is 73.6 Å². The van der Waals surface area contributed by atoms with Crippen LogP contribution >= 0.6 is 11.6 Å². The number of nitrogens with zero attached hydrogens (tertiary/aromatic N) is 1. The van der Waals surface area contributed by atoms with Crippen LogP contribution < -0.4 is 14.8 Å². The summed E-state index contributed by atoms with van der Waals surface area (Å²) in [6.45, 7) is 5.25. The highest BCUT2D eigenvalue weighted by Gasteiger charge is 2.32. The molecule has 47 heavy (non-hydrogen) atoms. The van der Waals surface area contributed by atoms with E-state index in [-0.39, 0.29) is 42.1 Å². The highest BCUT2D eigenvalue weighted by atomic mass is 35.5. The molecule has 4 aromatic rings. The Bertz CT molecular complexity index is 1760. The Hall–Kier alpha value is -4.47. The molecule has 1 aliphatic rings. The number of amides is 1. The van der Waals surface area contributed by atoms with Crippen LogP contribution in [0.3, 0.4) is 0 Å². The zero-order valence-electron chi connectivity index (χ0n) is 26.8. The fourth-order valence-corrected chi connectivity index (χ4v) is 5.17. The second kappa shape index (κ2) is 14.1. The van der Waals surface area contributed by atoms with Crippen molar-refractivity contribution in [1.29, 1.82) is 0 Å². The van der Waals surface area contributed by atoms with Gasteiger partial charge >= 0.3 is 6.09 Å². The van der Waals surface area contributed by atoms with Crippen LogP contribution in [0.5, 0.6) is 11.5 Å². The number of ether oxygens (including phenoxy) is 3. The average molecular weight is 661 g/mol. The molecule has 1 atom stereocenters. The Balaban J connectivity index is 1.38. The van der Waals surface area contributed by atoms with E-state index in [4.69, 9.17) is 30.8 Å². The Kier molecular flexibility index (Phi) is 10.2. The molecular weight excluding hydrogens is 623 g/mol. The number of ketones is 1. The number of benzene rings is 3. The predicted octanol–water partition coefficient (Wildman–Crippen LogP) is 8.12. The maximum atomic E-state index is 14.0. The minimum absolute atomic E-state index is 0.00998. The van der Waals surface area contributed by atoms with Gasteiger partial charge in [0, 0.05) is 17.5 Å². The average Bonchev–Trinajstić information content (AvgIpc) is 3.88. The van der Waals surface area contributed by atoms with Gasteiger partial charge in [0.25, 0.3) is 0 Å². The first-order chi connectivity index (χ1) is 22.3. The number of aliphatic hydroxyl groups is 1. The van der Waals surface area contributed by atoms with Crippen molar-refractivity contribution in [2.24, 2.45) is 0 Å². The molecule has 1 fully saturated rings. The van der Waals surface area contributed by atoms with Crippen molar-refractivity contribution in [2.45, 2.75) is 70.3 Å². The van der Waals surface area contributed by atoms with Gasteiger partial charge in [0.15, 0.2) is 17.3 Å². The standard InChI is InChI=1S/C37H38ClFN2O6/c1-36(2,41-35(43)46-22-23-8-6-5-7-9-23)26-20-30(24-10-14-29(39)28(38)18-24)40-34(21-26)37(3,44)17-16-31(42)25-11-15-32(33(19-25)45-4)47-27-12-13-27/h5-11,14-15,18-21,27,44H,12-13,16-17,22H2,1-4H3,(H,41,43). The van der Waals surface area contributed by atoms with E-state index in [1.165, 1.54) is 25.3 Å². The summed E-state index contributed by atoms with van der Waals surface area (Å²) in [7, 11) is 1.53.